The van der Waals surface area contributed by atoms with Crippen molar-refractivity contribution in [3.8, 4) is 0 Å². The van der Waals surface area contributed by atoms with Gasteiger partial charge in [0.15, 0.2) is 6.10 Å². The molecular formula is C22H24O3S. The molecule has 26 heavy (non-hydrogen) atoms. The highest BCUT2D eigenvalue weighted by Crippen LogP contribution is 2.24. The van der Waals surface area contributed by atoms with Crippen LogP contribution in [0, 0.1) is 13.8 Å². The molecule has 0 N–H and O–H groups in total. The van der Waals surface area contributed by atoms with Crippen LogP contribution in [0.15, 0.2) is 41.3 Å². The van der Waals surface area contributed by atoms with Gasteiger partial charge in [-0.2, -0.15) is 0 Å². The highest BCUT2D eigenvalue weighted by molar-refractivity contribution is 8.00. The molecular weight excluding hydrogens is 344 g/mol. The summed E-state index contributed by atoms with van der Waals surface area (Å²) < 4.78 is 5.35. The first-order valence-corrected chi connectivity index (χ1v) is 9.98. The van der Waals surface area contributed by atoms with Crippen LogP contribution in [-0.4, -0.2) is 23.6 Å². The van der Waals surface area contributed by atoms with Crippen molar-refractivity contribution < 1.29 is 14.3 Å². The number of benzene rings is 2. The quantitative estimate of drug-likeness (QED) is 0.421. The summed E-state index contributed by atoms with van der Waals surface area (Å²) in [5.41, 5.74) is 5.64. The number of aryl methyl sites for hydroxylation is 4. The van der Waals surface area contributed by atoms with Crippen LogP contribution in [0.1, 0.15) is 46.0 Å². The molecule has 3 rings (SSSR count). The van der Waals surface area contributed by atoms with Gasteiger partial charge in [-0.15, -0.1) is 11.8 Å². The summed E-state index contributed by atoms with van der Waals surface area (Å²) in [7, 11) is 0. The highest BCUT2D eigenvalue weighted by Gasteiger charge is 2.21. The average molecular weight is 368 g/mol. The summed E-state index contributed by atoms with van der Waals surface area (Å²) >= 11 is 1.43. The number of esters is 1. The number of ketones is 1. The van der Waals surface area contributed by atoms with Gasteiger partial charge < -0.3 is 4.74 Å². The second-order valence-electron chi connectivity index (χ2n) is 6.87. The van der Waals surface area contributed by atoms with E-state index in [1.807, 2.05) is 30.3 Å². The highest BCUT2D eigenvalue weighted by atomic mass is 32.2. The number of thioether (sulfide) groups is 1. The molecule has 2 aromatic carbocycles. The number of Topliss-reactive ketones (excluding diaryl/α,β-unsaturated/α-hetero) is 1. The number of hydrogen-bond acceptors (Lipinski definition) is 4. The molecule has 0 radical (unpaired) electrons. The minimum atomic E-state index is -0.762. The Labute approximate surface area is 159 Å². The molecule has 1 atom stereocenters. The lowest BCUT2D eigenvalue weighted by molar-refractivity contribution is -0.143. The zero-order chi connectivity index (χ0) is 18.7. The Morgan fingerprint density at radius 1 is 1.04 bits per heavy atom. The molecule has 0 saturated carbocycles. The van der Waals surface area contributed by atoms with E-state index >= 15 is 0 Å². The van der Waals surface area contributed by atoms with Crippen molar-refractivity contribution in [1.29, 1.82) is 0 Å². The minimum absolute atomic E-state index is 0.135. The summed E-state index contributed by atoms with van der Waals surface area (Å²) in [4.78, 5) is 25.7. The lowest BCUT2D eigenvalue weighted by Crippen LogP contribution is -2.25. The molecule has 0 aliphatic heterocycles. The molecule has 0 spiro atoms. The van der Waals surface area contributed by atoms with Gasteiger partial charge in [-0.05, 0) is 80.5 Å². The number of carbonyl (C=O) groups excluding carboxylic acids is 2. The molecule has 0 aromatic heterocycles. The van der Waals surface area contributed by atoms with Crippen LogP contribution in [0.4, 0.5) is 0 Å². The fourth-order valence-electron chi connectivity index (χ4n) is 3.19. The number of ether oxygens (including phenoxy) is 1. The molecule has 1 aliphatic carbocycles. The van der Waals surface area contributed by atoms with Crippen LogP contribution in [-0.2, 0) is 22.4 Å². The second kappa shape index (κ2) is 8.09. The summed E-state index contributed by atoms with van der Waals surface area (Å²) in [6, 6.07) is 11.9. The fourth-order valence-corrected chi connectivity index (χ4v) is 3.97. The van der Waals surface area contributed by atoms with Crippen LogP contribution in [0.2, 0.25) is 0 Å². The molecule has 4 heteroatoms. The van der Waals surface area contributed by atoms with Gasteiger partial charge in [0.25, 0.3) is 0 Å². The van der Waals surface area contributed by atoms with Gasteiger partial charge in [-0.25, -0.2) is 0 Å². The van der Waals surface area contributed by atoms with Crippen molar-refractivity contribution in [2.24, 2.45) is 0 Å². The van der Waals surface area contributed by atoms with E-state index in [4.69, 9.17) is 4.74 Å². The SMILES string of the molecule is Cc1ccc(SCC(=O)O[C@@H](C)C(=O)c2ccc3c(c2)CCC3)cc1C. The maximum atomic E-state index is 12.6. The molecule has 136 valence electrons. The van der Waals surface area contributed by atoms with Crippen molar-refractivity contribution in [2.75, 3.05) is 5.75 Å². The fraction of sp³-hybridized carbons (Fsp3) is 0.364. The van der Waals surface area contributed by atoms with Gasteiger partial charge in [0.1, 0.15) is 0 Å². The van der Waals surface area contributed by atoms with Crippen molar-refractivity contribution in [1.82, 2.24) is 0 Å². The topological polar surface area (TPSA) is 43.4 Å². The van der Waals surface area contributed by atoms with Gasteiger partial charge in [0.2, 0.25) is 5.78 Å². The molecule has 0 heterocycles. The standard InChI is InChI=1S/C22H24O3S/c1-14-7-10-20(11-15(14)2)26-13-21(23)25-16(3)22(24)19-9-8-17-5-4-6-18(17)12-19/h7-12,16H,4-6,13H2,1-3H3/t16-/m0/s1. The zero-order valence-electron chi connectivity index (χ0n) is 15.5. The summed E-state index contributed by atoms with van der Waals surface area (Å²) in [6.07, 6.45) is 2.50. The molecule has 0 saturated heterocycles. The van der Waals surface area contributed by atoms with E-state index in [0.29, 0.717) is 5.56 Å². The van der Waals surface area contributed by atoms with E-state index in [-0.39, 0.29) is 17.5 Å². The first kappa shape index (κ1) is 18.7. The third-order valence-electron chi connectivity index (χ3n) is 4.90. The minimum Gasteiger partial charge on any atom is -0.454 e. The van der Waals surface area contributed by atoms with E-state index in [2.05, 4.69) is 19.9 Å². The normalized spacial score (nSPS) is 14.0. The number of fused-ring (bicyclic) bond motifs is 1. The summed E-state index contributed by atoms with van der Waals surface area (Å²) in [5.74, 6) is -0.302. The zero-order valence-corrected chi connectivity index (χ0v) is 16.3. The largest absolute Gasteiger partial charge is 0.454 e. The molecule has 0 fully saturated rings. The third kappa shape index (κ3) is 4.36. The van der Waals surface area contributed by atoms with Gasteiger partial charge >= 0.3 is 5.97 Å². The van der Waals surface area contributed by atoms with Crippen LogP contribution < -0.4 is 0 Å². The van der Waals surface area contributed by atoms with Crippen molar-refractivity contribution in [3.63, 3.8) is 0 Å². The van der Waals surface area contributed by atoms with Crippen molar-refractivity contribution in [2.45, 2.75) is 51.0 Å². The van der Waals surface area contributed by atoms with E-state index in [9.17, 15) is 9.59 Å². The maximum absolute atomic E-state index is 12.6. The average Bonchev–Trinajstić information content (AvgIpc) is 3.09. The molecule has 0 amide bonds. The van der Waals surface area contributed by atoms with Gasteiger partial charge in [-0.3, -0.25) is 9.59 Å². The van der Waals surface area contributed by atoms with E-state index < -0.39 is 6.10 Å². The number of hydrogen-bond donors (Lipinski definition) is 0. The summed E-state index contributed by atoms with van der Waals surface area (Å²) in [6.45, 7) is 5.76. The van der Waals surface area contributed by atoms with Crippen LogP contribution in [0.3, 0.4) is 0 Å². The Balaban J connectivity index is 1.55. The third-order valence-corrected chi connectivity index (χ3v) is 5.86. The molecule has 2 aromatic rings. The Morgan fingerprint density at radius 2 is 1.81 bits per heavy atom. The Kier molecular flexibility index (Phi) is 5.82. The van der Waals surface area contributed by atoms with Crippen LogP contribution in [0.25, 0.3) is 0 Å². The van der Waals surface area contributed by atoms with Gasteiger partial charge in [-0.1, -0.05) is 18.2 Å². The lowest BCUT2D eigenvalue weighted by atomic mass is 10.0. The van der Waals surface area contributed by atoms with E-state index in [0.717, 1.165) is 24.2 Å². The van der Waals surface area contributed by atoms with Gasteiger partial charge in [0.05, 0.1) is 5.75 Å². The van der Waals surface area contributed by atoms with Gasteiger partial charge in [0, 0.05) is 10.5 Å². The van der Waals surface area contributed by atoms with Crippen molar-refractivity contribution >= 4 is 23.5 Å². The maximum Gasteiger partial charge on any atom is 0.316 e. The molecule has 0 unspecified atom stereocenters. The first-order valence-electron chi connectivity index (χ1n) is 8.99. The number of carbonyl (C=O) groups is 2. The summed E-state index contributed by atoms with van der Waals surface area (Å²) in [5, 5.41) is 0. The van der Waals surface area contributed by atoms with Crippen LogP contribution >= 0.6 is 11.8 Å². The van der Waals surface area contributed by atoms with E-state index in [1.54, 1.807) is 6.92 Å². The van der Waals surface area contributed by atoms with E-state index in [1.165, 1.54) is 34.0 Å². The second-order valence-corrected chi connectivity index (χ2v) is 7.92. The Bertz CT molecular complexity index is 841. The first-order chi connectivity index (χ1) is 12.4. The monoisotopic (exact) mass is 368 g/mol. The Hall–Kier alpha value is -2.07. The molecule has 1 aliphatic rings. The van der Waals surface area contributed by atoms with Crippen LogP contribution in [0.5, 0.6) is 0 Å². The lowest BCUT2D eigenvalue weighted by Gasteiger charge is -2.13. The predicted molar refractivity (Wildman–Crippen MR) is 105 cm³/mol. The number of rotatable bonds is 6. The van der Waals surface area contributed by atoms with Crippen molar-refractivity contribution in [3.05, 3.63) is 64.2 Å². The molecule has 0 bridgehead atoms. The smallest absolute Gasteiger partial charge is 0.316 e. The molecule has 3 nitrogen and oxygen atoms in total. The Morgan fingerprint density at radius 3 is 2.58 bits per heavy atom. The predicted octanol–water partition coefficient (Wildman–Crippen LogP) is 4.70.